The number of benzene rings is 1. The van der Waals surface area contributed by atoms with Crippen LogP contribution in [-0.4, -0.2) is 29.3 Å². The number of nitrogens with zero attached hydrogens (tertiary/aromatic N) is 1. The zero-order chi connectivity index (χ0) is 14.7. The highest BCUT2D eigenvalue weighted by Crippen LogP contribution is 2.26. The number of hydrogen-bond acceptors (Lipinski definition) is 2. The first-order chi connectivity index (χ1) is 9.54. The van der Waals surface area contributed by atoms with Crippen molar-refractivity contribution in [3.8, 4) is 0 Å². The van der Waals surface area contributed by atoms with Crippen LogP contribution < -0.4 is 0 Å². The molecule has 1 fully saturated rings. The average Bonchev–Trinajstić information content (AvgIpc) is 2.95. The lowest BCUT2D eigenvalue weighted by molar-refractivity contribution is 0.0775. The van der Waals surface area contributed by atoms with E-state index < -0.39 is 11.6 Å². The summed E-state index contributed by atoms with van der Waals surface area (Å²) >= 11 is 0. The van der Waals surface area contributed by atoms with Crippen molar-refractivity contribution in [2.75, 3.05) is 6.54 Å². The van der Waals surface area contributed by atoms with Crippen LogP contribution in [0.1, 0.15) is 49.9 Å². The third-order valence-corrected chi connectivity index (χ3v) is 4.24. The van der Waals surface area contributed by atoms with Gasteiger partial charge in [0.1, 0.15) is 0 Å². The Morgan fingerprint density at radius 2 is 1.95 bits per heavy atom. The van der Waals surface area contributed by atoms with Gasteiger partial charge in [0, 0.05) is 11.6 Å². The highest BCUT2D eigenvalue weighted by Gasteiger charge is 2.29. The van der Waals surface area contributed by atoms with Gasteiger partial charge in [-0.2, -0.15) is 0 Å². The van der Waals surface area contributed by atoms with Gasteiger partial charge in [0.15, 0.2) is 17.4 Å². The minimum atomic E-state index is -0.966. The Kier molecular flexibility index (Phi) is 4.86. The van der Waals surface area contributed by atoms with Crippen molar-refractivity contribution in [3.05, 3.63) is 35.4 Å². The highest BCUT2D eigenvalue weighted by atomic mass is 19.2. The molecule has 1 atom stereocenters. The van der Waals surface area contributed by atoms with Gasteiger partial charge in [0.05, 0.1) is 6.04 Å². The molecule has 1 aliphatic carbocycles. The zero-order valence-corrected chi connectivity index (χ0v) is 12.0. The Balaban J connectivity index is 2.15. The van der Waals surface area contributed by atoms with E-state index in [1.54, 1.807) is 0 Å². The van der Waals surface area contributed by atoms with Gasteiger partial charge < -0.3 is 0 Å². The van der Waals surface area contributed by atoms with Gasteiger partial charge in [-0.1, -0.05) is 19.8 Å². The second-order valence-electron chi connectivity index (χ2n) is 5.44. The van der Waals surface area contributed by atoms with E-state index >= 15 is 0 Å². The van der Waals surface area contributed by atoms with Crippen LogP contribution >= 0.6 is 0 Å². The lowest BCUT2D eigenvalue weighted by Crippen LogP contribution is -2.44. The SMILES string of the molecule is CCN(C1CCCC1)C(C)C(=O)c1ccc(F)c(F)c1. The summed E-state index contributed by atoms with van der Waals surface area (Å²) in [6, 6.07) is 3.51. The second-order valence-corrected chi connectivity index (χ2v) is 5.44. The molecule has 0 bridgehead atoms. The molecule has 0 aliphatic heterocycles. The molecule has 1 aromatic carbocycles. The summed E-state index contributed by atoms with van der Waals surface area (Å²) in [6.07, 6.45) is 4.63. The molecule has 0 radical (unpaired) electrons. The number of halogens is 2. The van der Waals surface area contributed by atoms with E-state index in [2.05, 4.69) is 4.90 Å². The molecule has 1 unspecified atom stereocenters. The summed E-state index contributed by atoms with van der Waals surface area (Å²) in [5.74, 6) is -2.03. The van der Waals surface area contributed by atoms with Crippen molar-refractivity contribution >= 4 is 5.78 Å². The number of rotatable bonds is 5. The molecule has 2 rings (SSSR count). The van der Waals surface area contributed by atoms with Gasteiger partial charge >= 0.3 is 0 Å². The van der Waals surface area contributed by atoms with Crippen LogP contribution in [0.15, 0.2) is 18.2 Å². The summed E-state index contributed by atoms with van der Waals surface area (Å²) in [7, 11) is 0. The van der Waals surface area contributed by atoms with Crippen molar-refractivity contribution in [3.63, 3.8) is 0 Å². The Morgan fingerprint density at radius 1 is 1.30 bits per heavy atom. The molecule has 4 heteroatoms. The maximum absolute atomic E-state index is 13.2. The topological polar surface area (TPSA) is 20.3 Å². The normalized spacial score (nSPS) is 17.6. The minimum absolute atomic E-state index is 0.141. The maximum atomic E-state index is 13.2. The molecule has 110 valence electrons. The average molecular weight is 281 g/mol. The van der Waals surface area contributed by atoms with E-state index in [1.807, 2.05) is 13.8 Å². The molecule has 0 aromatic heterocycles. The Hall–Kier alpha value is -1.29. The van der Waals surface area contributed by atoms with E-state index in [-0.39, 0.29) is 17.4 Å². The quantitative estimate of drug-likeness (QED) is 0.765. The standard InChI is InChI=1S/C16H21F2NO/c1-3-19(13-6-4-5-7-13)11(2)16(20)12-8-9-14(17)15(18)10-12/h8-11,13H,3-7H2,1-2H3. The monoisotopic (exact) mass is 281 g/mol. The fourth-order valence-corrected chi connectivity index (χ4v) is 3.13. The molecule has 0 saturated heterocycles. The molecule has 1 saturated carbocycles. The van der Waals surface area contributed by atoms with E-state index in [0.717, 1.165) is 31.5 Å². The highest BCUT2D eigenvalue weighted by molar-refractivity contribution is 5.99. The van der Waals surface area contributed by atoms with Gasteiger partial charge in [-0.05, 0) is 44.5 Å². The maximum Gasteiger partial charge on any atom is 0.179 e. The smallest absolute Gasteiger partial charge is 0.179 e. The van der Waals surface area contributed by atoms with E-state index in [0.29, 0.717) is 6.04 Å². The predicted molar refractivity (Wildman–Crippen MR) is 74.8 cm³/mol. The summed E-state index contributed by atoms with van der Waals surface area (Å²) in [6.45, 7) is 4.68. The van der Waals surface area contributed by atoms with Crippen LogP contribution in [0.25, 0.3) is 0 Å². The van der Waals surface area contributed by atoms with Crippen LogP contribution in [-0.2, 0) is 0 Å². The van der Waals surface area contributed by atoms with Crippen LogP contribution in [0.2, 0.25) is 0 Å². The van der Waals surface area contributed by atoms with Gasteiger partial charge in [-0.25, -0.2) is 8.78 Å². The van der Waals surface area contributed by atoms with Crippen molar-refractivity contribution in [1.29, 1.82) is 0 Å². The first kappa shape index (κ1) is 15.1. The van der Waals surface area contributed by atoms with E-state index in [9.17, 15) is 13.6 Å². The summed E-state index contributed by atoms with van der Waals surface area (Å²) in [5.41, 5.74) is 0.243. The van der Waals surface area contributed by atoms with Crippen LogP contribution in [0, 0.1) is 11.6 Å². The first-order valence-corrected chi connectivity index (χ1v) is 7.29. The van der Waals surface area contributed by atoms with Crippen molar-refractivity contribution in [1.82, 2.24) is 4.90 Å². The number of Topliss-reactive ketones (excluding diaryl/α,β-unsaturated/α-hetero) is 1. The van der Waals surface area contributed by atoms with Crippen LogP contribution in [0.4, 0.5) is 8.78 Å². The number of carbonyl (C=O) groups is 1. The van der Waals surface area contributed by atoms with Crippen LogP contribution in [0.5, 0.6) is 0 Å². The molecule has 1 aliphatic rings. The Bertz CT molecular complexity index is 483. The minimum Gasteiger partial charge on any atom is -0.292 e. The molecule has 1 aromatic rings. The fourth-order valence-electron chi connectivity index (χ4n) is 3.13. The Labute approximate surface area is 118 Å². The van der Waals surface area contributed by atoms with Gasteiger partial charge in [0.2, 0.25) is 0 Å². The third-order valence-electron chi connectivity index (χ3n) is 4.24. The lowest BCUT2D eigenvalue weighted by atomic mass is 10.0. The molecule has 0 heterocycles. The summed E-state index contributed by atoms with van der Waals surface area (Å²) in [4.78, 5) is 14.6. The van der Waals surface area contributed by atoms with Crippen LogP contribution in [0.3, 0.4) is 0 Å². The molecular weight excluding hydrogens is 260 g/mol. The van der Waals surface area contributed by atoms with Gasteiger partial charge in [-0.3, -0.25) is 9.69 Å². The zero-order valence-electron chi connectivity index (χ0n) is 12.0. The van der Waals surface area contributed by atoms with Gasteiger partial charge in [-0.15, -0.1) is 0 Å². The van der Waals surface area contributed by atoms with Crippen molar-refractivity contribution in [2.45, 2.75) is 51.6 Å². The van der Waals surface area contributed by atoms with Gasteiger partial charge in [0.25, 0.3) is 0 Å². The predicted octanol–water partition coefficient (Wildman–Crippen LogP) is 3.80. The molecule has 0 amide bonds. The number of carbonyl (C=O) groups excluding carboxylic acids is 1. The molecule has 2 nitrogen and oxygen atoms in total. The molecule has 0 spiro atoms. The van der Waals surface area contributed by atoms with Crippen molar-refractivity contribution in [2.24, 2.45) is 0 Å². The number of hydrogen-bond donors (Lipinski definition) is 0. The summed E-state index contributed by atoms with van der Waals surface area (Å²) < 4.78 is 26.2. The molecule has 0 N–H and O–H groups in total. The van der Waals surface area contributed by atoms with E-state index in [4.69, 9.17) is 0 Å². The molecule has 20 heavy (non-hydrogen) atoms. The number of likely N-dealkylation sites (N-methyl/N-ethyl adjacent to an activating group) is 1. The lowest BCUT2D eigenvalue weighted by Gasteiger charge is -2.32. The third kappa shape index (κ3) is 3.06. The number of ketones is 1. The first-order valence-electron chi connectivity index (χ1n) is 7.29. The van der Waals surface area contributed by atoms with Crippen molar-refractivity contribution < 1.29 is 13.6 Å². The largest absolute Gasteiger partial charge is 0.292 e. The molecular formula is C16H21F2NO. The fraction of sp³-hybridized carbons (Fsp3) is 0.562. The Morgan fingerprint density at radius 3 is 2.50 bits per heavy atom. The van der Waals surface area contributed by atoms with E-state index in [1.165, 1.54) is 18.9 Å². The summed E-state index contributed by atoms with van der Waals surface area (Å²) in [5, 5.41) is 0. The second kappa shape index (κ2) is 6.44.